The number of nitrogens with one attached hydrogen (secondary N) is 1. The van der Waals surface area contributed by atoms with E-state index in [2.05, 4.69) is 19.9 Å². The number of fused-ring (bicyclic) bond motifs is 1. The zero-order valence-electron chi connectivity index (χ0n) is 9.25. The molecule has 0 fully saturated rings. The smallest absolute Gasteiger partial charge is 0.183 e. The number of aromatic amines is 1. The van der Waals surface area contributed by atoms with Gasteiger partial charge in [-0.2, -0.15) is 0 Å². The number of phenolic OH excluding ortho intramolecular Hbond substituents is 1. The van der Waals surface area contributed by atoms with Gasteiger partial charge in [-0.15, -0.1) is 0 Å². The number of hydrogen-bond acceptors (Lipinski definition) is 6. The molecule has 0 spiro atoms. The number of rotatable bonds is 1. The van der Waals surface area contributed by atoms with Crippen molar-refractivity contribution >= 4 is 22.7 Å². The lowest BCUT2D eigenvalue weighted by Gasteiger charge is -2.01. The second-order valence-electron chi connectivity index (χ2n) is 3.82. The Balaban J connectivity index is 2.23. The SMILES string of the molecule is Nc1ccc(-c2nc3ncnc(N)c3[nH]2)c(O)c1. The van der Waals surface area contributed by atoms with Gasteiger partial charge in [0.05, 0.1) is 5.56 Å². The maximum Gasteiger partial charge on any atom is 0.183 e. The van der Waals surface area contributed by atoms with E-state index in [-0.39, 0.29) is 5.75 Å². The molecule has 0 unspecified atom stereocenters. The molecule has 0 aliphatic rings. The van der Waals surface area contributed by atoms with Gasteiger partial charge in [0.15, 0.2) is 11.5 Å². The fraction of sp³-hybridized carbons (Fsp3) is 0. The average molecular weight is 242 g/mol. The van der Waals surface area contributed by atoms with Crippen LogP contribution in [0.1, 0.15) is 0 Å². The number of aromatic hydroxyl groups is 1. The lowest BCUT2D eigenvalue weighted by atomic mass is 10.2. The van der Waals surface area contributed by atoms with Gasteiger partial charge in [-0.1, -0.05) is 0 Å². The van der Waals surface area contributed by atoms with Crippen LogP contribution in [-0.2, 0) is 0 Å². The maximum absolute atomic E-state index is 9.83. The fourth-order valence-electron chi connectivity index (χ4n) is 1.72. The van der Waals surface area contributed by atoms with Crippen LogP contribution in [0.4, 0.5) is 11.5 Å². The van der Waals surface area contributed by atoms with Gasteiger partial charge in [0.2, 0.25) is 0 Å². The van der Waals surface area contributed by atoms with Crippen molar-refractivity contribution in [3.05, 3.63) is 24.5 Å². The van der Waals surface area contributed by atoms with Crippen molar-refractivity contribution in [3.8, 4) is 17.1 Å². The molecule has 0 aliphatic carbocycles. The average Bonchev–Trinajstić information content (AvgIpc) is 2.74. The zero-order chi connectivity index (χ0) is 12.7. The lowest BCUT2D eigenvalue weighted by molar-refractivity contribution is 0.477. The number of nitrogens with two attached hydrogens (primary N) is 2. The van der Waals surface area contributed by atoms with Gasteiger partial charge >= 0.3 is 0 Å². The molecule has 6 N–H and O–H groups in total. The molecule has 18 heavy (non-hydrogen) atoms. The molecule has 0 amide bonds. The molecular weight excluding hydrogens is 232 g/mol. The highest BCUT2D eigenvalue weighted by Gasteiger charge is 2.12. The van der Waals surface area contributed by atoms with Crippen LogP contribution in [0.2, 0.25) is 0 Å². The summed E-state index contributed by atoms with van der Waals surface area (Å²) in [6, 6.07) is 4.81. The maximum atomic E-state index is 9.83. The number of nitrogen functional groups attached to an aromatic ring is 2. The third-order valence-electron chi connectivity index (χ3n) is 2.59. The first kappa shape index (κ1) is 10.3. The summed E-state index contributed by atoms with van der Waals surface area (Å²) in [6.07, 6.45) is 1.34. The highest BCUT2D eigenvalue weighted by molar-refractivity contribution is 5.85. The predicted molar refractivity (Wildman–Crippen MR) is 67.6 cm³/mol. The van der Waals surface area contributed by atoms with E-state index in [4.69, 9.17) is 11.5 Å². The molecule has 3 aromatic rings. The molecule has 1 aromatic carbocycles. The summed E-state index contributed by atoms with van der Waals surface area (Å²) in [7, 11) is 0. The highest BCUT2D eigenvalue weighted by atomic mass is 16.3. The molecule has 3 rings (SSSR count). The Hall–Kier alpha value is -2.83. The summed E-state index contributed by atoms with van der Waals surface area (Å²) >= 11 is 0. The molecule has 0 saturated carbocycles. The number of nitrogens with zero attached hydrogens (tertiary/aromatic N) is 3. The molecule has 7 heteroatoms. The number of benzene rings is 1. The summed E-state index contributed by atoms with van der Waals surface area (Å²) in [6.45, 7) is 0. The van der Waals surface area contributed by atoms with Gasteiger partial charge in [0.25, 0.3) is 0 Å². The monoisotopic (exact) mass is 242 g/mol. The molecule has 2 heterocycles. The summed E-state index contributed by atoms with van der Waals surface area (Å²) in [5.74, 6) is 0.823. The topological polar surface area (TPSA) is 127 Å². The van der Waals surface area contributed by atoms with E-state index in [1.807, 2.05) is 0 Å². The third-order valence-corrected chi connectivity index (χ3v) is 2.59. The van der Waals surface area contributed by atoms with E-state index in [1.54, 1.807) is 12.1 Å². The van der Waals surface area contributed by atoms with Crippen LogP contribution in [0.15, 0.2) is 24.5 Å². The van der Waals surface area contributed by atoms with E-state index in [1.165, 1.54) is 12.4 Å². The molecule has 2 aromatic heterocycles. The minimum Gasteiger partial charge on any atom is -0.507 e. The minimum atomic E-state index is 0.0422. The number of hydrogen-bond donors (Lipinski definition) is 4. The van der Waals surface area contributed by atoms with Crippen molar-refractivity contribution in [2.24, 2.45) is 0 Å². The fourth-order valence-corrected chi connectivity index (χ4v) is 1.72. The third kappa shape index (κ3) is 1.49. The van der Waals surface area contributed by atoms with Gasteiger partial charge in [-0.05, 0) is 12.1 Å². The quantitative estimate of drug-likeness (QED) is 0.469. The van der Waals surface area contributed by atoms with Gasteiger partial charge < -0.3 is 21.6 Å². The van der Waals surface area contributed by atoms with Gasteiger partial charge in [0, 0.05) is 11.8 Å². The van der Waals surface area contributed by atoms with Crippen molar-refractivity contribution in [2.45, 2.75) is 0 Å². The van der Waals surface area contributed by atoms with Crippen LogP contribution in [0.25, 0.3) is 22.6 Å². The van der Waals surface area contributed by atoms with Gasteiger partial charge in [-0.25, -0.2) is 15.0 Å². The van der Waals surface area contributed by atoms with Crippen molar-refractivity contribution in [1.82, 2.24) is 19.9 Å². The second kappa shape index (κ2) is 3.59. The molecule has 0 radical (unpaired) electrons. The number of imidazole rings is 1. The number of H-pyrrole nitrogens is 1. The molecule has 90 valence electrons. The second-order valence-corrected chi connectivity index (χ2v) is 3.82. The zero-order valence-corrected chi connectivity index (χ0v) is 9.25. The Morgan fingerprint density at radius 1 is 1.17 bits per heavy atom. The summed E-state index contributed by atoms with van der Waals surface area (Å²) in [4.78, 5) is 15.1. The Bertz CT molecular complexity index is 735. The van der Waals surface area contributed by atoms with Crippen LogP contribution in [-0.4, -0.2) is 25.0 Å². The molecule has 7 nitrogen and oxygen atoms in total. The van der Waals surface area contributed by atoms with Crippen LogP contribution < -0.4 is 11.5 Å². The molecule has 0 aliphatic heterocycles. The normalized spacial score (nSPS) is 10.9. The first-order valence-electron chi connectivity index (χ1n) is 5.20. The van der Waals surface area contributed by atoms with Crippen molar-refractivity contribution < 1.29 is 5.11 Å². The molecule has 0 atom stereocenters. The van der Waals surface area contributed by atoms with E-state index in [0.717, 1.165) is 0 Å². The van der Waals surface area contributed by atoms with Crippen LogP contribution >= 0.6 is 0 Å². The Morgan fingerprint density at radius 3 is 2.72 bits per heavy atom. The van der Waals surface area contributed by atoms with E-state index < -0.39 is 0 Å². The van der Waals surface area contributed by atoms with Gasteiger partial charge in [-0.3, -0.25) is 0 Å². The van der Waals surface area contributed by atoms with E-state index in [0.29, 0.717) is 34.1 Å². The number of anilines is 2. The summed E-state index contributed by atoms with van der Waals surface area (Å²) < 4.78 is 0. The highest BCUT2D eigenvalue weighted by Crippen LogP contribution is 2.30. The predicted octanol–water partition coefficient (Wildman–Crippen LogP) is 0.890. The summed E-state index contributed by atoms with van der Waals surface area (Å²) in [5, 5.41) is 9.83. The first-order chi connectivity index (χ1) is 8.65. The van der Waals surface area contributed by atoms with E-state index >= 15 is 0 Å². The van der Waals surface area contributed by atoms with Crippen LogP contribution in [0.5, 0.6) is 5.75 Å². The van der Waals surface area contributed by atoms with E-state index in [9.17, 15) is 5.11 Å². The molecular formula is C11H10N6O. The van der Waals surface area contributed by atoms with Crippen LogP contribution in [0, 0.1) is 0 Å². The molecule has 0 saturated heterocycles. The lowest BCUT2D eigenvalue weighted by Crippen LogP contribution is -1.91. The minimum absolute atomic E-state index is 0.0422. The van der Waals surface area contributed by atoms with Gasteiger partial charge in [0.1, 0.15) is 23.4 Å². The van der Waals surface area contributed by atoms with Crippen molar-refractivity contribution in [1.29, 1.82) is 0 Å². The van der Waals surface area contributed by atoms with Crippen LogP contribution in [0.3, 0.4) is 0 Å². The molecule has 0 bridgehead atoms. The Morgan fingerprint density at radius 2 is 2.00 bits per heavy atom. The first-order valence-corrected chi connectivity index (χ1v) is 5.20. The summed E-state index contributed by atoms with van der Waals surface area (Å²) in [5.41, 5.74) is 13.3. The largest absolute Gasteiger partial charge is 0.507 e. The standard InChI is InChI=1S/C11H10N6O/c12-5-1-2-6(7(18)3-5)10-16-8-9(13)14-4-15-11(8)17-10/h1-4,18H,12H2,(H3,13,14,15,16,17). The van der Waals surface area contributed by atoms with Crippen molar-refractivity contribution in [2.75, 3.05) is 11.5 Å². The Labute approximate surface area is 102 Å². The Kier molecular flexibility index (Phi) is 2.06. The van der Waals surface area contributed by atoms with Crippen molar-refractivity contribution in [3.63, 3.8) is 0 Å². The number of phenols is 1. The number of aromatic nitrogens is 4.